The number of nitrogens with zero attached hydrogens (tertiary/aromatic N) is 3. The Bertz CT molecular complexity index is 587. The summed E-state index contributed by atoms with van der Waals surface area (Å²) in [5.41, 5.74) is 7.24. The van der Waals surface area contributed by atoms with E-state index < -0.39 is 0 Å². The zero-order valence-electron chi connectivity index (χ0n) is 12.5. The van der Waals surface area contributed by atoms with E-state index in [1.165, 1.54) is 25.7 Å². The number of hydrogen-bond donors (Lipinski definition) is 1. The first-order chi connectivity index (χ1) is 10.3. The molecule has 0 aromatic carbocycles. The van der Waals surface area contributed by atoms with Crippen LogP contribution in [0.15, 0.2) is 23.0 Å². The van der Waals surface area contributed by atoms with Crippen molar-refractivity contribution in [3.63, 3.8) is 0 Å². The van der Waals surface area contributed by atoms with E-state index in [2.05, 4.69) is 22.0 Å². The molecule has 2 heterocycles. The van der Waals surface area contributed by atoms with Gasteiger partial charge in [0.15, 0.2) is 5.82 Å². The normalized spacial score (nSPS) is 22.3. The number of pyridine rings is 1. The summed E-state index contributed by atoms with van der Waals surface area (Å²) < 4.78 is 5.39. The van der Waals surface area contributed by atoms with E-state index in [1.807, 2.05) is 6.07 Å². The summed E-state index contributed by atoms with van der Waals surface area (Å²) in [6, 6.07) is 1.81. The fourth-order valence-corrected chi connectivity index (χ4v) is 3.23. The van der Waals surface area contributed by atoms with Crippen molar-refractivity contribution in [1.29, 1.82) is 0 Å². The lowest BCUT2D eigenvalue weighted by atomic mass is 9.80. The Hall–Kier alpha value is -1.91. The van der Waals surface area contributed by atoms with Crippen molar-refractivity contribution in [3.8, 4) is 11.5 Å². The predicted molar refractivity (Wildman–Crippen MR) is 81.5 cm³/mol. The van der Waals surface area contributed by atoms with Gasteiger partial charge in [0.25, 0.3) is 5.89 Å². The van der Waals surface area contributed by atoms with Crippen LogP contribution in [0, 0.1) is 5.92 Å². The molecule has 21 heavy (non-hydrogen) atoms. The molecule has 0 spiro atoms. The molecular formula is C16H22N4O. The molecule has 1 aliphatic carbocycles. The van der Waals surface area contributed by atoms with Gasteiger partial charge in [-0.2, -0.15) is 4.98 Å². The molecule has 112 valence electrons. The van der Waals surface area contributed by atoms with Gasteiger partial charge in [-0.05, 0) is 37.7 Å². The number of nitrogen functional groups attached to an aromatic ring is 1. The molecule has 1 fully saturated rings. The Morgan fingerprint density at radius 2 is 2.10 bits per heavy atom. The zero-order chi connectivity index (χ0) is 14.7. The van der Waals surface area contributed by atoms with Crippen molar-refractivity contribution in [2.75, 3.05) is 5.73 Å². The minimum Gasteiger partial charge on any atom is -0.397 e. The average Bonchev–Trinajstić information content (AvgIpc) is 2.98. The highest BCUT2D eigenvalue weighted by Gasteiger charge is 2.25. The molecular weight excluding hydrogens is 264 g/mol. The van der Waals surface area contributed by atoms with Gasteiger partial charge in [0.2, 0.25) is 0 Å². The van der Waals surface area contributed by atoms with E-state index in [9.17, 15) is 0 Å². The SMILES string of the molecule is CCCC1CCC(c2noc(-c3ccncc3N)n2)CC1. The highest BCUT2D eigenvalue weighted by molar-refractivity contribution is 5.68. The van der Waals surface area contributed by atoms with Gasteiger partial charge < -0.3 is 10.3 Å². The van der Waals surface area contributed by atoms with Crippen LogP contribution in [0.25, 0.3) is 11.5 Å². The molecule has 1 saturated carbocycles. The maximum atomic E-state index is 5.90. The summed E-state index contributed by atoms with van der Waals surface area (Å²) in [4.78, 5) is 8.53. The van der Waals surface area contributed by atoms with E-state index in [0.717, 1.165) is 30.1 Å². The highest BCUT2D eigenvalue weighted by Crippen LogP contribution is 2.37. The summed E-state index contributed by atoms with van der Waals surface area (Å²) in [6.45, 7) is 2.26. The van der Waals surface area contributed by atoms with Crippen molar-refractivity contribution < 1.29 is 4.52 Å². The summed E-state index contributed by atoms with van der Waals surface area (Å²) >= 11 is 0. The second-order valence-electron chi connectivity index (χ2n) is 5.93. The summed E-state index contributed by atoms with van der Waals surface area (Å²) in [5.74, 6) is 2.64. The molecule has 0 bridgehead atoms. The Kier molecular flexibility index (Phi) is 4.18. The lowest BCUT2D eigenvalue weighted by Crippen LogP contribution is -2.14. The molecule has 0 radical (unpaired) electrons. The largest absolute Gasteiger partial charge is 0.397 e. The predicted octanol–water partition coefficient (Wildman–Crippen LogP) is 3.79. The molecule has 2 N–H and O–H groups in total. The molecule has 0 atom stereocenters. The molecule has 0 amide bonds. The molecule has 2 aromatic heterocycles. The second kappa shape index (κ2) is 6.24. The maximum Gasteiger partial charge on any atom is 0.260 e. The standard InChI is InChI=1S/C16H22N4O/c1-2-3-11-4-6-12(7-5-11)15-19-16(21-20-15)13-8-9-18-10-14(13)17/h8-12H,2-7,17H2,1H3. The first-order valence-corrected chi connectivity index (χ1v) is 7.81. The number of nitrogens with two attached hydrogens (primary N) is 1. The molecule has 5 heteroatoms. The van der Waals surface area contributed by atoms with Crippen molar-refractivity contribution in [3.05, 3.63) is 24.3 Å². The lowest BCUT2D eigenvalue weighted by Gasteiger charge is -2.26. The van der Waals surface area contributed by atoms with Gasteiger partial charge in [-0.1, -0.05) is 24.9 Å². The molecule has 2 aromatic rings. The van der Waals surface area contributed by atoms with Crippen LogP contribution in [0.3, 0.4) is 0 Å². The van der Waals surface area contributed by atoms with Gasteiger partial charge in [-0.3, -0.25) is 4.98 Å². The molecule has 0 saturated heterocycles. The summed E-state index contributed by atoms with van der Waals surface area (Å²) in [6.07, 6.45) is 10.8. The minimum atomic E-state index is 0.429. The van der Waals surface area contributed by atoms with Crippen LogP contribution in [-0.4, -0.2) is 15.1 Å². The monoisotopic (exact) mass is 286 g/mol. The van der Waals surface area contributed by atoms with E-state index >= 15 is 0 Å². The zero-order valence-corrected chi connectivity index (χ0v) is 12.5. The van der Waals surface area contributed by atoms with Crippen molar-refractivity contribution >= 4 is 5.69 Å². The van der Waals surface area contributed by atoms with Crippen LogP contribution in [0.1, 0.15) is 57.2 Å². The first-order valence-electron chi connectivity index (χ1n) is 7.81. The van der Waals surface area contributed by atoms with E-state index in [4.69, 9.17) is 10.3 Å². The molecule has 0 aliphatic heterocycles. The fraction of sp³-hybridized carbons (Fsp3) is 0.562. The van der Waals surface area contributed by atoms with E-state index in [0.29, 0.717) is 17.5 Å². The summed E-state index contributed by atoms with van der Waals surface area (Å²) in [5, 5.41) is 4.17. The van der Waals surface area contributed by atoms with Crippen molar-refractivity contribution in [1.82, 2.24) is 15.1 Å². The van der Waals surface area contributed by atoms with Gasteiger partial charge in [-0.25, -0.2) is 0 Å². The van der Waals surface area contributed by atoms with Crippen LogP contribution in [-0.2, 0) is 0 Å². The van der Waals surface area contributed by atoms with Crippen LogP contribution in [0.2, 0.25) is 0 Å². The Labute approximate surface area is 125 Å². The third-order valence-corrected chi connectivity index (χ3v) is 4.43. The fourth-order valence-electron chi connectivity index (χ4n) is 3.23. The van der Waals surface area contributed by atoms with Gasteiger partial charge in [0.05, 0.1) is 17.4 Å². The number of rotatable bonds is 4. The Balaban J connectivity index is 1.70. The second-order valence-corrected chi connectivity index (χ2v) is 5.93. The van der Waals surface area contributed by atoms with Gasteiger partial charge in [-0.15, -0.1) is 0 Å². The van der Waals surface area contributed by atoms with Gasteiger partial charge in [0.1, 0.15) is 0 Å². The van der Waals surface area contributed by atoms with Crippen LogP contribution in [0.4, 0.5) is 5.69 Å². The van der Waals surface area contributed by atoms with Gasteiger partial charge >= 0.3 is 0 Å². The van der Waals surface area contributed by atoms with Crippen molar-refractivity contribution in [2.45, 2.75) is 51.4 Å². The number of anilines is 1. The number of hydrogen-bond acceptors (Lipinski definition) is 5. The third-order valence-electron chi connectivity index (χ3n) is 4.43. The Morgan fingerprint density at radius 1 is 1.29 bits per heavy atom. The van der Waals surface area contributed by atoms with Crippen LogP contribution >= 0.6 is 0 Å². The quantitative estimate of drug-likeness (QED) is 0.925. The Morgan fingerprint density at radius 3 is 2.81 bits per heavy atom. The topological polar surface area (TPSA) is 77.8 Å². The van der Waals surface area contributed by atoms with E-state index in [1.54, 1.807) is 12.4 Å². The molecule has 1 aliphatic rings. The lowest BCUT2D eigenvalue weighted by molar-refractivity contribution is 0.296. The summed E-state index contributed by atoms with van der Waals surface area (Å²) in [7, 11) is 0. The van der Waals surface area contributed by atoms with E-state index in [-0.39, 0.29) is 0 Å². The number of aromatic nitrogens is 3. The van der Waals surface area contributed by atoms with Crippen LogP contribution < -0.4 is 5.73 Å². The highest BCUT2D eigenvalue weighted by atomic mass is 16.5. The first kappa shape index (κ1) is 14.0. The maximum absolute atomic E-state index is 5.90. The smallest absolute Gasteiger partial charge is 0.260 e. The molecule has 0 unspecified atom stereocenters. The minimum absolute atomic E-state index is 0.429. The average molecular weight is 286 g/mol. The van der Waals surface area contributed by atoms with Crippen molar-refractivity contribution in [2.24, 2.45) is 5.92 Å². The molecule has 5 nitrogen and oxygen atoms in total. The van der Waals surface area contributed by atoms with Gasteiger partial charge in [0, 0.05) is 12.1 Å². The third kappa shape index (κ3) is 3.06. The van der Waals surface area contributed by atoms with Crippen LogP contribution in [0.5, 0.6) is 0 Å². The molecule has 3 rings (SSSR count).